The van der Waals surface area contributed by atoms with E-state index in [4.69, 9.17) is 0 Å². The van der Waals surface area contributed by atoms with Crippen LogP contribution in [0.2, 0.25) is 0 Å². The van der Waals surface area contributed by atoms with Crippen LogP contribution in [0.5, 0.6) is 0 Å². The SMILES string of the molecule is CC(C)(C)c1cc(C(C)(C)C)c(C(C)(C)C)[nH]1.CC(C)(C)c1cc(C(C)(C)C)c(C(C)(C)C)[nH]1.[Ba+2].[H-].[H-]. The summed E-state index contributed by atoms with van der Waals surface area (Å²) in [6.07, 6.45) is 0. The Hall–Kier alpha value is 0.131. The number of nitrogens with one attached hydrogen (secondary N) is 2. The van der Waals surface area contributed by atoms with Crippen LogP contribution in [0.25, 0.3) is 0 Å². The summed E-state index contributed by atoms with van der Waals surface area (Å²) in [5.74, 6) is 0. The number of rotatable bonds is 0. The Morgan fingerprint density at radius 2 is 0.629 bits per heavy atom. The third-order valence-electron chi connectivity index (χ3n) is 6.37. The van der Waals surface area contributed by atoms with Crippen LogP contribution in [-0.2, 0) is 32.5 Å². The second-order valence-corrected chi connectivity index (χ2v) is 16.4. The van der Waals surface area contributed by atoms with Crippen LogP contribution in [0.4, 0.5) is 0 Å². The van der Waals surface area contributed by atoms with Crippen LogP contribution in [0, 0.1) is 0 Å². The van der Waals surface area contributed by atoms with Gasteiger partial charge in [-0.15, -0.1) is 0 Å². The molecule has 0 saturated carbocycles. The molecule has 2 rings (SSSR count). The van der Waals surface area contributed by atoms with E-state index < -0.39 is 0 Å². The second kappa shape index (κ2) is 11.1. The van der Waals surface area contributed by atoms with Crippen molar-refractivity contribution in [1.82, 2.24) is 9.97 Å². The molecular weight excluding hydrogens is 550 g/mol. The van der Waals surface area contributed by atoms with E-state index in [-0.39, 0.29) is 84.2 Å². The van der Waals surface area contributed by atoms with Crippen molar-refractivity contribution in [2.24, 2.45) is 0 Å². The zero-order valence-electron chi connectivity index (χ0n) is 28.9. The maximum absolute atomic E-state index is 3.67. The number of hydrogen-bond donors (Lipinski definition) is 2. The van der Waals surface area contributed by atoms with E-state index in [1.54, 1.807) is 0 Å². The van der Waals surface area contributed by atoms with E-state index in [1.807, 2.05) is 0 Å². The van der Waals surface area contributed by atoms with Crippen LogP contribution in [0.15, 0.2) is 12.1 Å². The maximum Gasteiger partial charge on any atom is 2.00 e. The van der Waals surface area contributed by atoms with Crippen LogP contribution < -0.4 is 0 Å². The summed E-state index contributed by atoms with van der Waals surface area (Å²) in [4.78, 5) is 7.34. The number of aromatic amines is 2. The molecular formula is C32H60BaN2. The molecule has 0 bridgehead atoms. The van der Waals surface area contributed by atoms with Gasteiger partial charge in [-0.25, -0.2) is 0 Å². The van der Waals surface area contributed by atoms with E-state index in [0.717, 1.165) is 0 Å². The third kappa shape index (κ3) is 9.75. The van der Waals surface area contributed by atoms with Crippen molar-refractivity contribution < 1.29 is 2.85 Å². The minimum atomic E-state index is 0. The first-order valence-electron chi connectivity index (χ1n) is 13.2. The van der Waals surface area contributed by atoms with Gasteiger partial charge in [0.15, 0.2) is 0 Å². The molecule has 0 spiro atoms. The fourth-order valence-electron chi connectivity index (χ4n) is 4.08. The van der Waals surface area contributed by atoms with Crippen molar-refractivity contribution in [3.63, 3.8) is 0 Å². The molecule has 0 aliphatic heterocycles. The molecule has 3 heteroatoms. The monoisotopic (exact) mass is 610 g/mol. The summed E-state index contributed by atoms with van der Waals surface area (Å²) >= 11 is 0. The van der Waals surface area contributed by atoms with Crippen LogP contribution in [0.1, 0.15) is 161 Å². The molecule has 0 aromatic carbocycles. The first-order chi connectivity index (χ1) is 14.7. The summed E-state index contributed by atoms with van der Waals surface area (Å²) in [6.45, 7) is 41.0. The summed E-state index contributed by atoms with van der Waals surface area (Å²) in [5, 5.41) is 0. The van der Waals surface area contributed by atoms with Crippen LogP contribution in [-0.4, -0.2) is 58.8 Å². The van der Waals surface area contributed by atoms with E-state index in [2.05, 4.69) is 147 Å². The van der Waals surface area contributed by atoms with Gasteiger partial charge in [0.25, 0.3) is 0 Å². The number of H-pyrrole nitrogens is 2. The van der Waals surface area contributed by atoms with Gasteiger partial charge >= 0.3 is 48.9 Å². The fourth-order valence-corrected chi connectivity index (χ4v) is 4.08. The zero-order valence-corrected chi connectivity index (χ0v) is 31.3. The third-order valence-corrected chi connectivity index (χ3v) is 6.37. The van der Waals surface area contributed by atoms with E-state index in [1.165, 1.54) is 33.9 Å². The minimum absolute atomic E-state index is 0. The molecule has 0 amide bonds. The first-order valence-corrected chi connectivity index (χ1v) is 13.2. The molecule has 0 radical (unpaired) electrons. The van der Waals surface area contributed by atoms with Crippen molar-refractivity contribution in [2.45, 2.75) is 157 Å². The predicted molar refractivity (Wildman–Crippen MR) is 162 cm³/mol. The molecule has 0 unspecified atom stereocenters. The number of hydrogen-bond acceptors (Lipinski definition) is 0. The average molecular weight is 610 g/mol. The Morgan fingerprint density at radius 1 is 0.400 bits per heavy atom. The van der Waals surface area contributed by atoms with Gasteiger partial charge in [-0.1, -0.05) is 125 Å². The molecule has 2 aromatic heterocycles. The molecule has 0 aliphatic rings. The molecule has 35 heavy (non-hydrogen) atoms. The smallest absolute Gasteiger partial charge is 1.00 e. The molecule has 0 atom stereocenters. The summed E-state index contributed by atoms with van der Waals surface area (Å²) in [6, 6.07) is 4.72. The Morgan fingerprint density at radius 3 is 0.743 bits per heavy atom. The van der Waals surface area contributed by atoms with Gasteiger partial charge in [-0.05, 0) is 34.1 Å². The minimum Gasteiger partial charge on any atom is -1.00 e. The van der Waals surface area contributed by atoms with Crippen LogP contribution in [0.3, 0.4) is 0 Å². The molecule has 2 aromatic rings. The molecule has 2 heterocycles. The summed E-state index contributed by atoms with van der Waals surface area (Å²) in [5.41, 5.74) is 9.46. The van der Waals surface area contributed by atoms with E-state index >= 15 is 0 Å². The topological polar surface area (TPSA) is 31.6 Å². The van der Waals surface area contributed by atoms with E-state index in [9.17, 15) is 0 Å². The molecule has 200 valence electrons. The molecule has 0 saturated heterocycles. The Kier molecular flexibility index (Phi) is 11.1. The van der Waals surface area contributed by atoms with Crippen molar-refractivity contribution in [1.29, 1.82) is 0 Å². The largest absolute Gasteiger partial charge is 2.00 e. The Balaban J connectivity index is -0.000000578. The standard InChI is InChI=1S/2C16H29N.Ba.2H/c2*1-14(2,3)11-10-12(15(4,5)6)17-13(11)16(7,8)9;;;/h2*10,17H,1-9H3;;;/q;;+2;2*-1. The van der Waals surface area contributed by atoms with Crippen molar-refractivity contribution in [2.75, 3.05) is 0 Å². The number of aromatic nitrogens is 2. The Bertz CT molecular complexity index is 812. The van der Waals surface area contributed by atoms with Gasteiger partial charge in [0, 0.05) is 44.4 Å². The quantitative estimate of drug-likeness (QED) is 0.279. The van der Waals surface area contributed by atoms with Crippen LogP contribution >= 0.6 is 0 Å². The molecule has 2 nitrogen and oxygen atoms in total. The fraction of sp³-hybridized carbons (Fsp3) is 0.750. The van der Waals surface area contributed by atoms with Gasteiger partial charge in [-0.3, -0.25) is 0 Å². The van der Waals surface area contributed by atoms with Gasteiger partial charge < -0.3 is 12.8 Å². The van der Waals surface area contributed by atoms with Gasteiger partial charge in [0.2, 0.25) is 0 Å². The Labute approximate surface area is 262 Å². The average Bonchev–Trinajstić information content (AvgIpc) is 3.18. The van der Waals surface area contributed by atoms with E-state index in [0.29, 0.717) is 0 Å². The van der Waals surface area contributed by atoms with Crippen molar-refractivity contribution in [3.05, 3.63) is 46.0 Å². The maximum atomic E-state index is 3.67. The summed E-state index contributed by atoms with van der Waals surface area (Å²) in [7, 11) is 0. The molecule has 0 aliphatic carbocycles. The zero-order chi connectivity index (χ0) is 27.3. The van der Waals surface area contributed by atoms with Crippen molar-refractivity contribution >= 4 is 48.9 Å². The first kappa shape index (κ1) is 35.1. The van der Waals surface area contributed by atoms with Gasteiger partial charge in [-0.2, -0.15) is 0 Å². The second-order valence-electron chi connectivity index (χ2n) is 16.4. The molecule has 0 fully saturated rings. The predicted octanol–water partition coefficient (Wildman–Crippen LogP) is 9.66. The molecule has 2 N–H and O–H groups in total. The summed E-state index contributed by atoms with van der Waals surface area (Å²) < 4.78 is 0. The normalized spacial score (nSPS) is 13.8. The van der Waals surface area contributed by atoms with Crippen molar-refractivity contribution in [3.8, 4) is 0 Å². The van der Waals surface area contributed by atoms with Gasteiger partial charge in [0.05, 0.1) is 0 Å². The van der Waals surface area contributed by atoms with Gasteiger partial charge in [0.1, 0.15) is 0 Å².